The van der Waals surface area contributed by atoms with E-state index in [9.17, 15) is 9.59 Å². The maximum Gasteiger partial charge on any atom is 0.258 e. The van der Waals surface area contributed by atoms with Crippen molar-refractivity contribution in [3.63, 3.8) is 0 Å². The molecule has 1 aliphatic carbocycles. The Kier molecular flexibility index (Phi) is 5.79. The number of anilines is 2. The number of carbonyl (C=O) groups excluding carboxylic acids is 2. The summed E-state index contributed by atoms with van der Waals surface area (Å²) in [5.41, 5.74) is 1.86. The number of rotatable bonds is 4. The van der Waals surface area contributed by atoms with Crippen LogP contribution in [0.3, 0.4) is 0 Å². The molecule has 0 fully saturated rings. The van der Waals surface area contributed by atoms with E-state index in [1.807, 2.05) is 45.0 Å². The second-order valence-electron chi connectivity index (χ2n) is 8.44. The number of methoxy groups -OCH3 is 1. The molecule has 0 aliphatic heterocycles. The molecule has 0 bridgehead atoms. The number of hydrogen-bond acceptors (Lipinski definition) is 4. The third kappa shape index (κ3) is 4.38. The Hall–Kier alpha value is -2.34. The number of nitrogens with one attached hydrogen (secondary N) is 2. The lowest BCUT2D eigenvalue weighted by molar-refractivity contribution is -0.123. The molecular formula is C22H28N2O3S. The fourth-order valence-electron chi connectivity index (χ4n) is 3.24. The molecule has 1 atom stereocenters. The minimum atomic E-state index is -0.526. The van der Waals surface area contributed by atoms with E-state index >= 15 is 0 Å². The molecule has 0 unspecified atom stereocenters. The largest absolute Gasteiger partial charge is 0.497 e. The minimum absolute atomic E-state index is 0.0855. The first kappa shape index (κ1) is 20.4. The summed E-state index contributed by atoms with van der Waals surface area (Å²) in [7, 11) is 1.61. The number of benzene rings is 1. The summed E-state index contributed by atoms with van der Waals surface area (Å²) < 4.78 is 5.17. The summed E-state index contributed by atoms with van der Waals surface area (Å²) in [5, 5.41) is 6.63. The van der Waals surface area contributed by atoms with E-state index in [-0.39, 0.29) is 11.8 Å². The van der Waals surface area contributed by atoms with Crippen molar-refractivity contribution in [1.29, 1.82) is 0 Å². The molecule has 1 aromatic carbocycles. The fraction of sp³-hybridized carbons (Fsp3) is 0.455. The van der Waals surface area contributed by atoms with Gasteiger partial charge in [-0.05, 0) is 55.0 Å². The van der Waals surface area contributed by atoms with E-state index in [0.29, 0.717) is 22.2 Å². The van der Waals surface area contributed by atoms with Gasteiger partial charge in [0.05, 0.1) is 12.7 Å². The summed E-state index contributed by atoms with van der Waals surface area (Å²) in [6.07, 6.45) is 2.87. The van der Waals surface area contributed by atoms with Gasteiger partial charge in [0, 0.05) is 16.0 Å². The molecule has 1 heterocycles. The van der Waals surface area contributed by atoms with Crippen LogP contribution in [0.1, 0.15) is 54.9 Å². The van der Waals surface area contributed by atoms with Crippen molar-refractivity contribution in [2.75, 3.05) is 17.7 Å². The Morgan fingerprint density at radius 1 is 1.14 bits per heavy atom. The Morgan fingerprint density at radius 3 is 2.43 bits per heavy atom. The smallest absolute Gasteiger partial charge is 0.258 e. The third-order valence-electron chi connectivity index (χ3n) is 4.99. The van der Waals surface area contributed by atoms with Crippen molar-refractivity contribution >= 4 is 33.8 Å². The van der Waals surface area contributed by atoms with Gasteiger partial charge in [0.1, 0.15) is 10.8 Å². The van der Waals surface area contributed by atoms with Crippen LogP contribution in [0.5, 0.6) is 5.75 Å². The van der Waals surface area contributed by atoms with Crippen LogP contribution in [0.4, 0.5) is 10.7 Å². The third-order valence-corrected chi connectivity index (χ3v) is 6.16. The van der Waals surface area contributed by atoms with E-state index < -0.39 is 5.41 Å². The zero-order valence-electron chi connectivity index (χ0n) is 17.1. The minimum Gasteiger partial charge on any atom is -0.497 e. The molecule has 2 N–H and O–H groups in total. The molecule has 150 valence electrons. The van der Waals surface area contributed by atoms with Crippen LogP contribution < -0.4 is 15.4 Å². The number of hydrogen-bond donors (Lipinski definition) is 2. The van der Waals surface area contributed by atoms with Crippen molar-refractivity contribution in [3.05, 3.63) is 40.3 Å². The van der Waals surface area contributed by atoms with E-state index in [4.69, 9.17) is 4.74 Å². The number of fused-ring (bicyclic) bond motifs is 1. The summed E-state index contributed by atoms with van der Waals surface area (Å²) >= 11 is 1.54. The number of carbonyl (C=O) groups is 2. The van der Waals surface area contributed by atoms with Crippen molar-refractivity contribution in [3.8, 4) is 5.75 Å². The SMILES string of the molecule is COc1ccc(NC(=O)c2c(NC(=O)C(C)(C)C)sc3c2CC[C@H](C)C3)cc1. The van der Waals surface area contributed by atoms with E-state index in [1.54, 1.807) is 18.4 Å². The molecule has 28 heavy (non-hydrogen) atoms. The first-order valence-corrected chi connectivity index (χ1v) is 10.4. The van der Waals surface area contributed by atoms with Crippen molar-refractivity contribution in [2.45, 2.75) is 47.0 Å². The van der Waals surface area contributed by atoms with Crippen LogP contribution in [0.2, 0.25) is 0 Å². The lowest BCUT2D eigenvalue weighted by Gasteiger charge is -2.19. The normalized spacial score (nSPS) is 16.2. The maximum atomic E-state index is 13.1. The van der Waals surface area contributed by atoms with Gasteiger partial charge in [-0.15, -0.1) is 11.3 Å². The quantitative estimate of drug-likeness (QED) is 0.749. The molecule has 0 saturated carbocycles. The molecule has 2 aromatic rings. The van der Waals surface area contributed by atoms with Crippen LogP contribution in [0.25, 0.3) is 0 Å². The van der Waals surface area contributed by atoms with Gasteiger partial charge < -0.3 is 15.4 Å². The summed E-state index contributed by atoms with van der Waals surface area (Å²) in [5.74, 6) is 1.06. The Morgan fingerprint density at radius 2 is 1.82 bits per heavy atom. The van der Waals surface area contributed by atoms with Gasteiger partial charge in [-0.25, -0.2) is 0 Å². The molecular weight excluding hydrogens is 372 g/mol. The van der Waals surface area contributed by atoms with Crippen molar-refractivity contribution in [2.24, 2.45) is 11.3 Å². The molecule has 3 rings (SSSR count). The monoisotopic (exact) mass is 400 g/mol. The van der Waals surface area contributed by atoms with Crippen LogP contribution >= 0.6 is 11.3 Å². The molecule has 2 amide bonds. The zero-order chi connectivity index (χ0) is 20.5. The fourth-order valence-corrected chi connectivity index (χ4v) is 4.64. The van der Waals surface area contributed by atoms with Crippen LogP contribution in [-0.2, 0) is 17.6 Å². The average molecular weight is 401 g/mol. The van der Waals surface area contributed by atoms with Gasteiger partial charge in [0.2, 0.25) is 5.91 Å². The molecule has 1 aromatic heterocycles. The first-order chi connectivity index (χ1) is 13.2. The van der Waals surface area contributed by atoms with Gasteiger partial charge >= 0.3 is 0 Å². The van der Waals surface area contributed by atoms with Crippen molar-refractivity contribution < 1.29 is 14.3 Å². The Balaban J connectivity index is 1.92. The average Bonchev–Trinajstić information content (AvgIpc) is 2.98. The second kappa shape index (κ2) is 7.95. The topological polar surface area (TPSA) is 67.4 Å². The van der Waals surface area contributed by atoms with Crippen LogP contribution in [0, 0.1) is 11.3 Å². The highest BCUT2D eigenvalue weighted by Crippen LogP contribution is 2.40. The van der Waals surface area contributed by atoms with Gasteiger partial charge in [0.25, 0.3) is 5.91 Å². The second-order valence-corrected chi connectivity index (χ2v) is 9.55. The predicted molar refractivity (Wildman–Crippen MR) is 115 cm³/mol. The van der Waals surface area contributed by atoms with Crippen LogP contribution in [0.15, 0.2) is 24.3 Å². The molecule has 0 radical (unpaired) electrons. The van der Waals surface area contributed by atoms with Crippen molar-refractivity contribution in [1.82, 2.24) is 0 Å². The van der Waals surface area contributed by atoms with E-state index in [1.165, 1.54) is 4.88 Å². The number of thiophene rings is 1. The van der Waals surface area contributed by atoms with Gasteiger partial charge in [-0.1, -0.05) is 27.7 Å². The van der Waals surface area contributed by atoms with E-state index in [2.05, 4.69) is 17.6 Å². The predicted octanol–water partition coefficient (Wildman–Crippen LogP) is 5.12. The Bertz CT molecular complexity index is 878. The van der Waals surface area contributed by atoms with Crippen LogP contribution in [-0.4, -0.2) is 18.9 Å². The number of amides is 2. The molecule has 0 saturated heterocycles. The molecule has 0 spiro atoms. The summed E-state index contributed by atoms with van der Waals surface area (Å²) in [4.78, 5) is 26.9. The first-order valence-electron chi connectivity index (χ1n) is 9.60. The van der Waals surface area contributed by atoms with Gasteiger partial charge in [0.15, 0.2) is 0 Å². The molecule has 1 aliphatic rings. The van der Waals surface area contributed by atoms with E-state index in [0.717, 1.165) is 30.6 Å². The lowest BCUT2D eigenvalue weighted by atomic mass is 9.88. The highest BCUT2D eigenvalue weighted by Gasteiger charge is 2.30. The maximum absolute atomic E-state index is 13.1. The van der Waals surface area contributed by atoms with Gasteiger partial charge in [-0.2, -0.15) is 0 Å². The zero-order valence-corrected chi connectivity index (χ0v) is 18.0. The summed E-state index contributed by atoms with van der Waals surface area (Å²) in [6.45, 7) is 7.84. The summed E-state index contributed by atoms with van der Waals surface area (Å²) in [6, 6.07) is 7.24. The Labute approximate surface area is 170 Å². The number of ether oxygens (including phenoxy) is 1. The lowest BCUT2D eigenvalue weighted by Crippen LogP contribution is -2.28. The highest BCUT2D eigenvalue weighted by atomic mass is 32.1. The standard InChI is InChI=1S/C22H28N2O3S/c1-13-6-11-16-17(12-13)28-20(24-21(26)22(2,3)4)18(16)19(25)23-14-7-9-15(27-5)10-8-14/h7-10,13H,6,11-12H2,1-5H3,(H,23,25)(H,24,26)/t13-/m0/s1. The highest BCUT2D eigenvalue weighted by molar-refractivity contribution is 7.17. The molecule has 5 nitrogen and oxygen atoms in total. The van der Waals surface area contributed by atoms with Gasteiger partial charge in [-0.3, -0.25) is 9.59 Å². The molecule has 6 heteroatoms.